The Labute approximate surface area is 169 Å². The van der Waals surface area contributed by atoms with E-state index in [9.17, 15) is 8.78 Å². The molecule has 0 atom stereocenters. The molecule has 29 heavy (non-hydrogen) atoms. The highest BCUT2D eigenvalue weighted by molar-refractivity contribution is 5.79. The summed E-state index contributed by atoms with van der Waals surface area (Å²) in [6.07, 6.45) is 6.82. The van der Waals surface area contributed by atoms with Gasteiger partial charge >= 0.3 is 0 Å². The number of hydrogen-bond donors (Lipinski definition) is 2. The fraction of sp³-hybridized carbons (Fsp3) is 0.455. The van der Waals surface area contributed by atoms with Crippen molar-refractivity contribution in [1.29, 1.82) is 0 Å². The van der Waals surface area contributed by atoms with Crippen molar-refractivity contribution < 1.29 is 8.78 Å². The second-order valence-corrected chi connectivity index (χ2v) is 7.95. The summed E-state index contributed by atoms with van der Waals surface area (Å²) in [5.74, 6) is -0.480. The Hall–Kier alpha value is -2.38. The fourth-order valence-electron chi connectivity index (χ4n) is 3.91. The van der Waals surface area contributed by atoms with E-state index in [-0.39, 0.29) is 5.52 Å². The Bertz CT molecular complexity index is 946. The van der Waals surface area contributed by atoms with Crippen molar-refractivity contribution in [3.63, 3.8) is 0 Å². The molecule has 3 heterocycles. The summed E-state index contributed by atoms with van der Waals surface area (Å²) in [5, 5.41) is 3.46. The molecule has 0 radical (unpaired) electrons. The molecule has 0 saturated carbocycles. The van der Waals surface area contributed by atoms with Gasteiger partial charge in [0.2, 0.25) is 0 Å². The number of halogens is 2. The van der Waals surface area contributed by atoms with Gasteiger partial charge in [-0.1, -0.05) is 0 Å². The number of piperidine rings is 1. The molecule has 1 aliphatic rings. The predicted molar refractivity (Wildman–Crippen MR) is 110 cm³/mol. The highest BCUT2D eigenvalue weighted by Crippen LogP contribution is 2.23. The summed E-state index contributed by atoms with van der Waals surface area (Å²) in [6, 6.07) is 6.42. The summed E-state index contributed by atoms with van der Waals surface area (Å²) in [7, 11) is 2.20. The van der Waals surface area contributed by atoms with Crippen molar-refractivity contribution >= 4 is 11.0 Å². The van der Waals surface area contributed by atoms with Crippen molar-refractivity contribution in [3.8, 4) is 11.4 Å². The molecule has 0 unspecified atom stereocenters. The number of imidazole rings is 1. The van der Waals surface area contributed by atoms with Crippen molar-refractivity contribution in [2.75, 3.05) is 26.7 Å². The average Bonchev–Trinajstić information content (AvgIpc) is 3.17. The van der Waals surface area contributed by atoms with Crippen molar-refractivity contribution in [2.24, 2.45) is 5.92 Å². The lowest BCUT2D eigenvalue weighted by molar-refractivity contribution is 0.210. The molecule has 0 spiro atoms. The molecular formula is C22H27F2N5. The highest BCUT2D eigenvalue weighted by Gasteiger charge is 2.16. The Kier molecular flexibility index (Phi) is 6.16. The number of likely N-dealkylation sites (tertiary alicyclic amines) is 1. The molecular weight excluding hydrogens is 372 g/mol. The van der Waals surface area contributed by atoms with E-state index in [1.807, 2.05) is 12.1 Å². The summed E-state index contributed by atoms with van der Waals surface area (Å²) < 4.78 is 27.2. The predicted octanol–water partition coefficient (Wildman–Crippen LogP) is 4.11. The molecule has 0 bridgehead atoms. The average molecular weight is 399 g/mol. The Morgan fingerprint density at radius 3 is 2.76 bits per heavy atom. The smallest absolute Gasteiger partial charge is 0.186 e. The van der Waals surface area contributed by atoms with Gasteiger partial charge in [0.05, 0.1) is 11.2 Å². The van der Waals surface area contributed by atoms with Gasteiger partial charge in [0.15, 0.2) is 11.6 Å². The molecule has 7 heteroatoms. The Balaban J connectivity index is 1.27. The normalized spacial score (nSPS) is 16.0. The first-order chi connectivity index (χ1) is 14.1. The molecule has 5 nitrogen and oxygen atoms in total. The molecule has 3 aromatic rings. The van der Waals surface area contributed by atoms with Gasteiger partial charge in [0, 0.05) is 18.3 Å². The standard InChI is InChI=1S/C22H27F2N5/c1-29-11-8-15(9-12-29)3-2-10-25-14-17-5-4-16(13-26-17)22-27-19-7-6-18(23)20(24)21(19)28-22/h4-7,13,15,25H,2-3,8-12,14H2,1H3,(H,27,28). The van der Waals surface area contributed by atoms with Crippen LogP contribution in [0.2, 0.25) is 0 Å². The molecule has 0 aliphatic carbocycles. The van der Waals surface area contributed by atoms with Gasteiger partial charge in [0.25, 0.3) is 0 Å². The van der Waals surface area contributed by atoms with Crippen molar-refractivity contribution in [1.82, 2.24) is 25.2 Å². The van der Waals surface area contributed by atoms with Gasteiger partial charge in [-0.15, -0.1) is 0 Å². The van der Waals surface area contributed by atoms with Gasteiger partial charge < -0.3 is 15.2 Å². The topological polar surface area (TPSA) is 56.8 Å². The zero-order valence-corrected chi connectivity index (χ0v) is 16.7. The van der Waals surface area contributed by atoms with E-state index < -0.39 is 11.6 Å². The van der Waals surface area contributed by atoms with Gasteiger partial charge in [-0.2, -0.15) is 0 Å². The maximum absolute atomic E-state index is 13.8. The van der Waals surface area contributed by atoms with Crippen LogP contribution in [0.1, 0.15) is 31.4 Å². The first-order valence-corrected chi connectivity index (χ1v) is 10.3. The number of nitrogens with zero attached hydrogens (tertiary/aromatic N) is 3. The molecule has 1 aliphatic heterocycles. The minimum atomic E-state index is -0.931. The monoisotopic (exact) mass is 399 g/mol. The van der Waals surface area contributed by atoms with Crippen molar-refractivity contribution in [3.05, 3.63) is 47.8 Å². The molecule has 2 N–H and O–H groups in total. The number of benzene rings is 1. The van der Waals surface area contributed by atoms with Crippen LogP contribution < -0.4 is 5.32 Å². The Morgan fingerprint density at radius 2 is 2.00 bits per heavy atom. The number of H-pyrrole nitrogens is 1. The molecule has 2 aromatic heterocycles. The third-order valence-electron chi connectivity index (χ3n) is 5.75. The third-order valence-corrected chi connectivity index (χ3v) is 5.75. The van der Waals surface area contributed by atoms with E-state index in [0.29, 0.717) is 17.9 Å². The lowest BCUT2D eigenvalue weighted by Crippen LogP contribution is -2.30. The lowest BCUT2D eigenvalue weighted by atomic mass is 9.92. The summed E-state index contributed by atoms with van der Waals surface area (Å²) in [6.45, 7) is 4.15. The van der Waals surface area contributed by atoms with Gasteiger partial charge in [-0.3, -0.25) is 4.98 Å². The first-order valence-electron chi connectivity index (χ1n) is 10.3. The van der Waals surface area contributed by atoms with Crippen LogP contribution in [0, 0.1) is 17.6 Å². The SMILES string of the molecule is CN1CCC(CCCNCc2ccc(-c3nc4c(F)c(F)ccc4[nH]3)cn2)CC1. The third kappa shape index (κ3) is 4.79. The second-order valence-electron chi connectivity index (χ2n) is 7.95. The van der Waals surface area contributed by atoms with Crippen LogP contribution in [0.15, 0.2) is 30.5 Å². The molecule has 1 fully saturated rings. The van der Waals surface area contributed by atoms with Crippen LogP contribution in [-0.4, -0.2) is 46.5 Å². The van der Waals surface area contributed by atoms with Crippen LogP contribution in [0.5, 0.6) is 0 Å². The lowest BCUT2D eigenvalue weighted by Gasteiger charge is -2.28. The second kappa shape index (κ2) is 8.97. The number of fused-ring (bicyclic) bond motifs is 1. The zero-order chi connectivity index (χ0) is 20.2. The van der Waals surface area contributed by atoms with Crippen LogP contribution in [0.3, 0.4) is 0 Å². The van der Waals surface area contributed by atoms with E-state index >= 15 is 0 Å². The van der Waals surface area contributed by atoms with Crippen LogP contribution in [0.4, 0.5) is 8.78 Å². The van der Waals surface area contributed by atoms with Crippen molar-refractivity contribution in [2.45, 2.75) is 32.2 Å². The van der Waals surface area contributed by atoms with Gasteiger partial charge in [-0.25, -0.2) is 13.8 Å². The summed E-state index contributed by atoms with van der Waals surface area (Å²) in [5.41, 5.74) is 2.16. The van der Waals surface area contributed by atoms with Crippen LogP contribution in [0.25, 0.3) is 22.4 Å². The molecule has 154 valence electrons. The number of rotatable bonds is 7. The minimum Gasteiger partial charge on any atom is -0.338 e. The van der Waals surface area contributed by atoms with Crippen LogP contribution >= 0.6 is 0 Å². The summed E-state index contributed by atoms with van der Waals surface area (Å²) in [4.78, 5) is 14.1. The minimum absolute atomic E-state index is 0.00959. The van der Waals surface area contributed by atoms with E-state index in [2.05, 4.69) is 32.2 Å². The Morgan fingerprint density at radius 1 is 1.17 bits per heavy atom. The number of aromatic amines is 1. The van der Waals surface area contributed by atoms with Gasteiger partial charge in [0.1, 0.15) is 11.3 Å². The number of hydrogen-bond acceptors (Lipinski definition) is 4. The summed E-state index contributed by atoms with van der Waals surface area (Å²) >= 11 is 0. The fourth-order valence-corrected chi connectivity index (χ4v) is 3.91. The molecule has 1 aromatic carbocycles. The van der Waals surface area contributed by atoms with E-state index in [1.54, 1.807) is 6.20 Å². The van der Waals surface area contributed by atoms with Crippen LogP contribution in [-0.2, 0) is 6.54 Å². The quantitative estimate of drug-likeness (QED) is 0.587. The zero-order valence-electron chi connectivity index (χ0n) is 16.7. The van der Waals surface area contributed by atoms with E-state index in [4.69, 9.17) is 0 Å². The van der Waals surface area contributed by atoms with E-state index in [0.717, 1.165) is 29.8 Å². The number of nitrogens with one attached hydrogen (secondary N) is 2. The van der Waals surface area contributed by atoms with Gasteiger partial charge in [-0.05, 0) is 82.5 Å². The largest absolute Gasteiger partial charge is 0.338 e. The first kappa shape index (κ1) is 19.9. The maximum Gasteiger partial charge on any atom is 0.186 e. The number of aromatic nitrogens is 3. The molecule has 0 amide bonds. The highest BCUT2D eigenvalue weighted by atomic mass is 19.2. The molecule has 1 saturated heterocycles. The maximum atomic E-state index is 13.8. The molecule has 4 rings (SSSR count). The number of pyridine rings is 1. The van der Waals surface area contributed by atoms with E-state index in [1.165, 1.54) is 44.8 Å².